The van der Waals surface area contributed by atoms with Crippen LogP contribution in [0.5, 0.6) is 0 Å². The van der Waals surface area contributed by atoms with E-state index < -0.39 is 11.9 Å². The lowest BCUT2D eigenvalue weighted by Crippen LogP contribution is -2.56. The predicted octanol–water partition coefficient (Wildman–Crippen LogP) is -0.953. The number of amides is 2. The van der Waals surface area contributed by atoms with Gasteiger partial charge in [0.15, 0.2) is 0 Å². The van der Waals surface area contributed by atoms with E-state index in [0.29, 0.717) is 0 Å². The van der Waals surface area contributed by atoms with E-state index >= 15 is 0 Å². The molecule has 0 saturated carbocycles. The molecule has 0 unspecified atom stereocenters. The van der Waals surface area contributed by atoms with E-state index in [9.17, 15) is 9.59 Å². The zero-order valence-corrected chi connectivity index (χ0v) is 8.01. The van der Waals surface area contributed by atoms with Crippen LogP contribution >= 0.6 is 0 Å². The van der Waals surface area contributed by atoms with Crippen LogP contribution in [0, 0.1) is 5.92 Å². The average molecular weight is 202 g/mol. The molecule has 0 aliphatic carbocycles. The highest BCUT2D eigenvalue weighted by Gasteiger charge is 2.36. The molecule has 1 aliphatic rings. The summed E-state index contributed by atoms with van der Waals surface area (Å²) < 4.78 is 0. The summed E-state index contributed by atoms with van der Waals surface area (Å²) in [5.41, 5.74) is 0. The molecule has 0 bridgehead atoms. The predicted molar refractivity (Wildman–Crippen MR) is 47.8 cm³/mol. The van der Waals surface area contributed by atoms with Gasteiger partial charge in [0.2, 0.25) is 0 Å². The second kappa shape index (κ2) is 4.28. The van der Waals surface area contributed by atoms with Crippen molar-refractivity contribution in [3.63, 3.8) is 0 Å². The Balaban J connectivity index is 2.32. The largest absolute Gasteiger partial charge is 0.481 e. The molecule has 2 amide bonds. The number of hydrogen-bond acceptors (Lipinski definition) is 3. The molecule has 6 heteroatoms. The smallest absolute Gasteiger partial charge is 0.319 e. The van der Waals surface area contributed by atoms with E-state index in [1.807, 2.05) is 0 Å². The van der Waals surface area contributed by atoms with Gasteiger partial charge in [-0.15, -0.1) is 0 Å². The topological polar surface area (TPSA) is 81.1 Å². The third-order valence-corrected chi connectivity index (χ3v) is 2.26. The van der Waals surface area contributed by atoms with Gasteiger partial charge in [0.05, 0.1) is 12.5 Å². The maximum Gasteiger partial charge on any atom is 0.319 e. The zero-order valence-electron chi connectivity index (χ0n) is 8.01. The summed E-state index contributed by atoms with van der Waals surface area (Å²) in [5.74, 6) is -1.29. The van der Waals surface area contributed by atoms with Gasteiger partial charge in [-0.05, 0) is 0 Å². The van der Waals surface area contributed by atoms with Crippen LogP contribution in [-0.4, -0.2) is 65.3 Å². The number of hydrogen-bond donors (Lipinski definition) is 2. The molecule has 0 spiro atoms. The Bertz CT molecular complexity index is 237. The molecule has 2 N–H and O–H groups in total. The maximum absolute atomic E-state index is 11.4. The third kappa shape index (κ3) is 2.14. The number of carboxylic acid groups (broad SMARTS) is 1. The Hall–Kier alpha value is -1.30. The first-order valence-corrected chi connectivity index (χ1v) is 4.40. The molecule has 1 saturated heterocycles. The van der Waals surface area contributed by atoms with Crippen LogP contribution in [0.3, 0.4) is 0 Å². The van der Waals surface area contributed by atoms with E-state index in [1.165, 1.54) is 9.80 Å². The fourth-order valence-electron chi connectivity index (χ4n) is 1.28. The fraction of sp³-hybridized carbons (Fsp3) is 0.750. The molecule has 0 atom stereocenters. The van der Waals surface area contributed by atoms with Crippen molar-refractivity contribution in [2.24, 2.45) is 5.92 Å². The van der Waals surface area contributed by atoms with E-state index in [1.54, 1.807) is 7.05 Å². The fourth-order valence-corrected chi connectivity index (χ4v) is 1.28. The van der Waals surface area contributed by atoms with E-state index in [2.05, 4.69) is 0 Å². The molecule has 0 aromatic carbocycles. The second-order valence-corrected chi connectivity index (χ2v) is 3.37. The molecule has 80 valence electrons. The highest BCUT2D eigenvalue weighted by Crippen LogP contribution is 2.16. The van der Waals surface area contributed by atoms with Crippen LogP contribution in [0.25, 0.3) is 0 Å². The Kier molecular flexibility index (Phi) is 3.29. The van der Waals surface area contributed by atoms with E-state index in [-0.39, 0.29) is 32.3 Å². The monoisotopic (exact) mass is 202 g/mol. The van der Waals surface area contributed by atoms with Crippen molar-refractivity contribution < 1.29 is 19.8 Å². The SMILES string of the molecule is CN(CCO)C(=O)N1CC(C(=O)O)C1. The number of carbonyl (C=O) groups is 2. The number of carbonyl (C=O) groups excluding carboxylic acids is 1. The lowest BCUT2D eigenvalue weighted by molar-refractivity contribution is -0.146. The van der Waals surface area contributed by atoms with Gasteiger partial charge in [-0.1, -0.05) is 0 Å². The molecule has 0 aromatic rings. The van der Waals surface area contributed by atoms with Crippen LogP contribution in [0.1, 0.15) is 0 Å². The first-order chi connectivity index (χ1) is 6.56. The minimum atomic E-state index is -0.862. The van der Waals surface area contributed by atoms with Crippen molar-refractivity contribution in [3.8, 4) is 0 Å². The first kappa shape index (κ1) is 10.8. The number of aliphatic carboxylic acids is 1. The Morgan fingerprint density at radius 3 is 2.50 bits per heavy atom. The molecule has 0 aromatic heterocycles. The van der Waals surface area contributed by atoms with Crippen molar-refractivity contribution in [2.75, 3.05) is 33.3 Å². The number of aliphatic hydroxyl groups is 1. The molecule has 1 rings (SSSR count). The lowest BCUT2D eigenvalue weighted by Gasteiger charge is -2.38. The van der Waals surface area contributed by atoms with Crippen molar-refractivity contribution in [3.05, 3.63) is 0 Å². The van der Waals surface area contributed by atoms with Crippen molar-refractivity contribution in [2.45, 2.75) is 0 Å². The highest BCUT2D eigenvalue weighted by molar-refractivity contribution is 5.79. The van der Waals surface area contributed by atoms with Crippen LogP contribution in [0.4, 0.5) is 4.79 Å². The number of urea groups is 1. The summed E-state index contributed by atoms with van der Waals surface area (Å²) in [6.45, 7) is 0.722. The summed E-state index contributed by atoms with van der Waals surface area (Å²) in [6.07, 6.45) is 0. The maximum atomic E-state index is 11.4. The van der Waals surface area contributed by atoms with Crippen LogP contribution in [0.2, 0.25) is 0 Å². The highest BCUT2D eigenvalue weighted by atomic mass is 16.4. The molecule has 6 nitrogen and oxygen atoms in total. The number of aliphatic hydroxyl groups excluding tert-OH is 1. The summed E-state index contributed by atoms with van der Waals surface area (Å²) in [6, 6.07) is -0.225. The van der Waals surface area contributed by atoms with Gasteiger partial charge in [-0.3, -0.25) is 4.79 Å². The molecule has 1 aliphatic heterocycles. The van der Waals surface area contributed by atoms with Gasteiger partial charge >= 0.3 is 12.0 Å². The minimum absolute atomic E-state index is 0.0849. The number of likely N-dealkylation sites (N-methyl/N-ethyl adjacent to an activating group) is 1. The van der Waals surface area contributed by atoms with Gasteiger partial charge in [-0.2, -0.15) is 0 Å². The third-order valence-electron chi connectivity index (χ3n) is 2.26. The Morgan fingerprint density at radius 1 is 1.50 bits per heavy atom. The summed E-state index contributed by atoms with van der Waals surface area (Å²) >= 11 is 0. The summed E-state index contributed by atoms with van der Waals surface area (Å²) in [5, 5.41) is 17.2. The molecular formula is C8H14N2O4. The molecule has 1 heterocycles. The van der Waals surface area contributed by atoms with Gasteiger partial charge in [0.25, 0.3) is 0 Å². The van der Waals surface area contributed by atoms with Gasteiger partial charge in [0.1, 0.15) is 0 Å². The number of nitrogens with zero attached hydrogens (tertiary/aromatic N) is 2. The second-order valence-electron chi connectivity index (χ2n) is 3.37. The van der Waals surface area contributed by atoms with Gasteiger partial charge < -0.3 is 20.0 Å². The van der Waals surface area contributed by atoms with Gasteiger partial charge in [0, 0.05) is 26.7 Å². The zero-order chi connectivity index (χ0) is 10.7. The Morgan fingerprint density at radius 2 is 2.07 bits per heavy atom. The standard InChI is InChI=1S/C8H14N2O4/c1-9(2-3-11)8(14)10-4-6(5-10)7(12)13/h6,11H,2-5H2,1H3,(H,12,13). The quantitative estimate of drug-likeness (QED) is 0.618. The van der Waals surface area contributed by atoms with E-state index in [4.69, 9.17) is 10.2 Å². The molecular weight excluding hydrogens is 188 g/mol. The van der Waals surface area contributed by atoms with Crippen LogP contribution in [-0.2, 0) is 4.79 Å². The number of likely N-dealkylation sites (tertiary alicyclic amines) is 1. The molecule has 0 radical (unpaired) electrons. The van der Waals surface area contributed by atoms with Crippen molar-refractivity contribution in [1.29, 1.82) is 0 Å². The summed E-state index contributed by atoms with van der Waals surface area (Å²) in [7, 11) is 1.58. The van der Waals surface area contributed by atoms with Crippen LogP contribution in [0.15, 0.2) is 0 Å². The summed E-state index contributed by atoms with van der Waals surface area (Å²) in [4.78, 5) is 24.7. The average Bonchev–Trinajstić information content (AvgIpc) is 2.00. The van der Waals surface area contributed by atoms with E-state index in [0.717, 1.165) is 0 Å². The van der Waals surface area contributed by atoms with Crippen molar-refractivity contribution in [1.82, 2.24) is 9.80 Å². The Labute approximate surface area is 81.7 Å². The van der Waals surface area contributed by atoms with Gasteiger partial charge in [-0.25, -0.2) is 4.79 Å². The lowest BCUT2D eigenvalue weighted by atomic mass is 10.0. The molecule has 14 heavy (non-hydrogen) atoms. The van der Waals surface area contributed by atoms with Crippen molar-refractivity contribution >= 4 is 12.0 Å². The first-order valence-electron chi connectivity index (χ1n) is 4.40. The molecule has 1 fully saturated rings. The van der Waals surface area contributed by atoms with Crippen LogP contribution < -0.4 is 0 Å². The number of carboxylic acids is 1. The normalized spacial score (nSPS) is 16.3. The number of rotatable bonds is 3. The minimum Gasteiger partial charge on any atom is -0.481 e.